The minimum atomic E-state index is -0.798. The van der Waals surface area contributed by atoms with Crippen molar-refractivity contribution in [2.24, 2.45) is 5.92 Å². The minimum absolute atomic E-state index is 0.105. The number of hydrogen-bond donors (Lipinski definition) is 2. The molecular formula is C19H26N2O4. The van der Waals surface area contributed by atoms with Crippen LogP contribution in [0.1, 0.15) is 38.2 Å². The van der Waals surface area contributed by atoms with Crippen molar-refractivity contribution < 1.29 is 19.5 Å². The van der Waals surface area contributed by atoms with Crippen LogP contribution in [0.15, 0.2) is 30.3 Å². The molecular weight excluding hydrogens is 320 g/mol. The lowest BCUT2D eigenvalue weighted by Gasteiger charge is -2.33. The van der Waals surface area contributed by atoms with Crippen LogP contribution in [0.25, 0.3) is 0 Å². The Hall–Kier alpha value is -2.37. The Bertz CT molecular complexity index is 595. The van der Waals surface area contributed by atoms with E-state index < -0.39 is 12.0 Å². The van der Waals surface area contributed by atoms with Crippen molar-refractivity contribution in [2.75, 3.05) is 13.1 Å². The van der Waals surface area contributed by atoms with E-state index in [1.165, 1.54) is 0 Å². The van der Waals surface area contributed by atoms with Gasteiger partial charge in [0.1, 0.15) is 6.04 Å². The van der Waals surface area contributed by atoms with Crippen LogP contribution in [0.4, 0.5) is 0 Å². The number of aliphatic carboxylic acids is 1. The van der Waals surface area contributed by atoms with Gasteiger partial charge in [-0.2, -0.15) is 0 Å². The van der Waals surface area contributed by atoms with E-state index in [9.17, 15) is 14.4 Å². The van der Waals surface area contributed by atoms with Crippen LogP contribution in [0.3, 0.4) is 0 Å². The highest BCUT2D eigenvalue weighted by Crippen LogP contribution is 2.18. The molecule has 0 aromatic heterocycles. The topological polar surface area (TPSA) is 86.7 Å². The molecule has 2 rings (SSSR count). The third-order valence-electron chi connectivity index (χ3n) is 4.57. The molecule has 136 valence electrons. The van der Waals surface area contributed by atoms with Crippen LogP contribution in [-0.2, 0) is 20.8 Å². The van der Waals surface area contributed by atoms with Crippen molar-refractivity contribution in [2.45, 2.75) is 45.1 Å². The maximum absolute atomic E-state index is 12.7. The second kappa shape index (κ2) is 9.20. The Labute approximate surface area is 148 Å². The van der Waals surface area contributed by atoms with E-state index in [1.54, 1.807) is 4.90 Å². The molecule has 0 bridgehead atoms. The molecule has 1 fully saturated rings. The first-order valence-corrected chi connectivity index (χ1v) is 8.86. The maximum atomic E-state index is 12.7. The number of nitrogens with zero attached hydrogens (tertiary/aromatic N) is 1. The molecule has 6 nitrogen and oxygen atoms in total. The van der Waals surface area contributed by atoms with Gasteiger partial charge in [0.15, 0.2) is 0 Å². The number of piperidine rings is 1. The highest BCUT2D eigenvalue weighted by Gasteiger charge is 2.31. The summed E-state index contributed by atoms with van der Waals surface area (Å²) in [4.78, 5) is 37.7. The van der Waals surface area contributed by atoms with Gasteiger partial charge >= 0.3 is 5.97 Å². The van der Waals surface area contributed by atoms with Crippen LogP contribution in [0.5, 0.6) is 0 Å². The lowest BCUT2D eigenvalue weighted by Crippen LogP contribution is -2.51. The average molecular weight is 346 g/mol. The summed E-state index contributed by atoms with van der Waals surface area (Å²) in [6, 6.07) is 8.88. The van der Waals surface area contributed by atoms with Crippen molar-refractivity contribution in [1.29, 1.82) is 0 Å². The fourth-order valence-corrected chi connectivity index (χ4v) is 3.14. The molecule has 1 unspecified atom stereocenters. The molecule has 6 heteroatoms. The number of rotatable bonds is 7. The van der Waals surface area contributed by atoms with E-state index in [2.05, 4.69) is 5.32 Å². The monoisotopic (exact) mass is 346 g/mol. The number of hydrogen-bond acceptors (Lipinski definition) is 3. The van der Waals surface area contributed by atoms with E-state index in [0.29, 0.717) is 32.4 Å². The summed E-state index contributed by atoms with van der Waals surface area (Å²) in [7, 11) is 0. The quantitative estimate of drug-likeness (QED) is 0.789. The van der Waals surface area contributed by atoms with E-state index in [1.807, 2.05) is 37.3 Å². The van der Waals surface area contributed by atoms with Crippen molar-refractivity contribution in [1.82, 2.24) is 10.2 Å². The number of amides is 2. The lowest BCUT2D eigenvalue weighted by molar-refractivity contribution is -0.146. The van der Waals surface area contributed by atoms with Gasteiger partial charge in [0, 0.05) is 13.1 Å². The van der Waals surface area contributed by atoms with Gasteiger partial charge in [0.05, 0.1) is 12.3 Å². The number of benzene rings is 1. The first-order valence-electron chi connectivity index (χ1n) is 8.86. The van der Waals surface area contributed by atoms with Gasteiger partial charge in [-0.15, -0.1) is 0 Å². The zero-order valence-corrected chi connectivity index (χ0v) is 14.6. The fraction of sp³-hybridized carbons (Fsp3) is 0.526. The summed E-state index contributed by atoms with van der Waals surface area (Å²) in [5.41, 5.74) is 0.907. The second-order valence-electron chi connectivity index (χ2n) is 6.51. The molecule has 1 atom stereocenters. The SMILES string of the molecule is CCCC(NC(=O)Cc1ccccc1)C(=O)N1CCC(C(=O)O)CC1. The van der Waals surface area contributed by atoms with Gasteiger partial charge in [-0.05, 0) is 24.8 Å². The van der Waals surface area contributed by atoms with Gasteiger partial charge in [0.25, 0.3) is 0 Å². The first kappa shape index (κ1) is 19.0. The summed E-state index contributed by atoms with van der Waals surface area (Å²) in [5.74, 6) is -1.44. The number of likely N-dealkylation sites (tertiary alicyclic amines) is 1. The first-order chi connectivity index (χ1) is 12.0. The molecule has 1 aliphatic heterocycles. The lowest BCUT2D eigenvalue weighted by atomic mass is 9.96. The second-order valence-corrected chi connectivity index (χ2v) is 6.51. The summed E-state index contributed by atoms with van der Waals surface area (Å²) >= 11 is 0. The molecule has 1 aliphatic rings. The zero-order valence-electron chi connectivity index (χ0n) is 14.6. The van der Waals surface area contributed by atoms with Crippen molar-refractivity contribution in [3.63, 3.8) is 0 Å². The van der Waals surface area contributed by atoms with E-state index in [-0.39, 0.29) is 24.2 Å². The summed E-state index contributed by atoms with van der Waals surface area (Å²) in [6.07, 6.45) is 2.55. The Kier molecular flexibility index (Phi) is 6.98. The molecule has 0 saturated carbocycles. The average Bonchev–Trinajstić information content (AvgIpc) is 2.61. The standard InChI is InChI=1S/C19H26N2O4/c1-2-6-16(20-17(22)13-14-7-4-3-5-8-14)18(23)21-11-9-15(10-12-21)19(24)25/h3-5,7-8,15-16H,2,6,9-13H2,1H3,(H,20,22)(H,24,25). The number of carboxylic acids is 1. The molecule has 1 heterocycles. The Morgan fingerprint density at radius 3 is 2.40 bits per heavy atom. The summed E-state index contributed by atoms with van der Waals surface area (Å²) in [5, 5.41) is 11.9. The van der Waals surface area contributed by atoms with Crippen molar-refractivity contribution >= 4 is 17.8 Å². The van der Waals surface area contributed by atoms with Crippen LogP contribution in [0.2, 0.25) is 0 Å². The van der Waals surface area contributed by atoms with Crippen LogP contribution < -0.4 is 5.32 Å². The Morgan fingerprint density at radius 2 is 1.84 bits per heavy atom. The molecule has 2 N–H and O–H groups in total. The molecule has 1 saturated heterocycles. The smallest absolute Gasteiger partial charge is 0.306 e. The Balaban J connectivity index is 1.91. The maximum Gasteiger partial charge on any atom is 0.306 e. The predicted molar refractivity (Wildman–Crippen MR) is 93.9 cm³/mol. The van der Waals surface area contributed by atoms with Gasteiger partial charge in [0.2, 0.25) is 11.8 Å². The van der Waals surface area contributed by atoms with Gasteiger partial charge < -0.3 is 15.3 Å². The minimum Gasteiger partial charge on any atom is -0.481 e. The molecule has 2 amide bonds. The van der Waals surface area contributed by atoms with E-state index in [0.717, 1.165) is 12.0 Å². The van der Waals surface area contributed by atoms with Gasteiger partial charge in [-0.25, -0.2) is 0 Å². The molecule has 0 radical (unpaired) electrons. The molecule has 1 aromatic rings. The van der Waals surface area contributed by atoms with Crippen LogP contribution in [-0.4, -0.2) is 46.9 Å². The molecule has 0 spiro atoms. The van der Waals surface area contributed by atoms with Crippen molar-refractivity contribution in [3.8, 4) is 0 Å². The number of nitrogens with one attached hydrogen (secondary N) is 1. The predicted octanol–water partition coefficient (Wildman–Crippen LogP) is 1.84. The number of carbonyl (C=O) groups excluding carboxylic acids is 2. The van der Waals surface area contributed by atoms with Gasteiger partial charge in [-0.1, -0.05) is 43.7 Å². The fourth-order valence-electron chi connectivity index (χ4n) is 3.14. The highest BCUT2D eigenvalue weighted by atomic mass is 16.4. The highest BCUT2D eigenvalue weighted by molar-refractivity contribution is 5.88. The third-order valence-corrected chi connectivity index (χ3v) is 4.57. The summed E-state index contributed by atoms with van der Waals surface area (Å²) in [6.45, 7) is 2.84. The third kappa shape index (κ3) is 5.59. The molecule has 0 aliphatic carbocycles. The van der Waals surface area contributed by atoms with E-state index in [4.69, 9.17) is 5.11 Å². The van der Waals surface area contributed by atoms with Gasteiger partial charge in [-0.3, -0.25) is 14.4 Å². The Morgan fingerprint density at radius 1 is 1.20 bits per heavy atom. The largest absolute Gasteiger partial charge is 0.481 e. The number of carbonyl (C=O) groups is 3. The van der Waals surface area contributed by atoms with Crippen LogP contribution in [0, 0.1) is 5.92 Å². The van der Waals surface area contributed by atoms with E-state index >= 15 is 0 Å². The zero-order chi connectivity index (χ0) is 18.2. The normalized spacial score (nSPS) is 16.3. The molecule has 1 aromatic carbocycles. The number of carboxylic acid groups (broad SMARTS) is 1. The van der Waals surface area contributed by atoms with Crippen LogP contribution >= 0.6 is 0 Å². The van der Waals surface area contributed by atoms with Crippen molar-refractivity contribution in [3.05, 3.63) is 35.9 Å². The molecule has 25 heavy (non-hydrogen) atoms. The summed E-state index contributed by atoms with van der Waals surface area (Å²) < 4.78 is 0.